The van der Waals surface area contributed by atoms with Crippen LogP contribution in [-0.2, 0) is 0 Å². The summed E-state index contributed by atoms with van der Waals surface area (Å²) in [5, 5.41) is 3.42. The molecular weight excluding hydrogens is 270 g/mol. The summed E-state index contributed by atoms with van der Waals surface area (Å²) in [5.74, 6) is 1.12. The standard InChI is InChI=1S/C12H18BrNS/c1-4-14-9(3)11-7-6-10(15-5-2)8-12(11)13/h6-9,14H,4-5H2,1-3H3. The smallest absolute Gasteiger partial charge is 0.0302 e. The van der Waals surface area contributed by atoms with Gasteiger partial charge < -0.3 is 5.32 Å². The number of rotatable bonds is 5. The normalized spacial score (nSPS) is 12.8. The Labute approximate surface area is 105 Å². The quantitative estimate of drug-likeness (QED) is 0.814. The van der Waals surface area contributed by atoms with Crippen LogP contribution in [0.15, 0.2) is 27.6 Å². The Bertz CT molecular complexity index is 314. The van der Waals surface area contributed by atoms with Gasteiger partial charge in [-0.15, -0.1) is 11.8 Å². The summed E-state index contributed by atoms with van der Waals surface area (Å²) in [6.07, 6.45) is 0. The van der Waals surface area contributed by atoms with Crippen LogP contribution in [-0.4, -0.2) is 12.3 Å². The lowest BCUT2D eigenvalue weighted by molar-refractivity contribution is 0.595. The van der Waals surface area contributed by atoms with Crippen molar-refractivity contribution in [3.63, 3.8) is 0 Å². The highest BCUT2D eigenvalue weighted by Gasteiger charge is 2.08. The van der Waals surface area contributed by atoms with Crippen molar-refractivity contribution >= 4 is 27.7 Å². The van der Waals surface area contributed by atoms with Crippen LogP contribution in [0.25, 0.3) is 0 Å². The lowest BCUT2D eigenvalue weighted by Crippen LogP contribution is -2.18. The van der Waals surface area contributed by atoms with Crippen LogP contribution in [0.3, 0.4) is 0 Å². The molecule has 0 radical (unpaired) electrons. The van der Waals surface area contributed by atoms with Crippen molar-refractivity contribution in [2.75, 3.05) is 12.3 Å². The van der Waals surface area contributed by atoms with Gasteiger partial charge in [0.15, 0.2) is 0 Å². The van der Waals surface area contributed by atoms with E-state index in [2.05, 4.69) is 60.2 Å². The molecule has 0 heterocycles. The molecule has 0 saturated heterocycles. The number of halogens is 1. The van der Waals surface area contributed by atoms with E-state index in [1.807, 2.05) is 11.8 Å². The molecule has 1 aromatic carbocycles. The van der Waals surface area contributed by atoms with E-state index in [4.69, 9.17) is 0 Å². The van der Waals surface area contributed by atoms with Crippen molar-refractivity contribution in [3.05, 3.63) is 28.2 Å². The van der Waals surface area contributed by atoms with Gasteiger partial charge in [0.2, 0.25) is 0 Å². The van der Waals surface area contributed by atoms with Crippen LogP contribution >= 0.6 is 27.7 Å². The first-order valence-electron chi connectivity index (χ1n) is 5.34. The largest absolute Gasteiger partial charge is 0.310 e. The fraction of sp³-hybridized carbons (Fsp3) is 0.500. The SMILES string of the molecule is CCNC(C)c1ccc(SCC)cc1Br. The summed E-state index contributed by atoms with van der Waals surface area (Å²) < 4.78 is 1.20. The molecule has 3 heteroatoms. The summed E-state index contributed by atoms with van der Waals surface area (Å²) >= 11 is 5.51. The third-order valence-corrected chi connectivity index (χ3v) is 3.82. The fourth-order valence-corrected chi connectivity index (χ4v) is 3.10. The Hall–Kier alpha value is 0.01000. The second kappa shape index (κ2) is 6.56. The molecule has 0 aliphatic carbocycles. The summed E-state index contributed by atoms with van der Waals surface area (Å²) in [7, 11) is 0. The Balaban J connectivity index is 2.82. The highest BCUT2D eigenvalue weighted by atomic mass is 79.9. The first-order chi connectivity index (χ1) is 7.19. The molecule has 1 atom stereocenters. The molecule has 84 valence electrons. The third-order valence-electron chi connectivity index (χ3n) is 2.26. The molecule has 0 aromatic heterocycles. The van der Waals surface area contributed by atoms with Crippen LogP contribution in [0.5, 0.6) is 0 Å². The lowest BCUT2D eigenvalue weighted by atomic mass is 10.1. The topological polar surface area (TPSA) is 12.0 Å². The molecule has 0 fully saturated rings. The van der Waals surface area contributed by atoms with E-state index < -0.39 is 0 Å². The first-order valence-corrected chi connectivity index (χ1v) is 7.12. The average Bonchev–Trinajstić information content (AvgIpc) is 2.18. The van der Waals surface area contributed by atoms with Crippen LogP contribution in [0.2, 0.25) is 0 Å². The molecule has 1 N–H and O–H groups in total. The number of thioether (sulfide) groups is 1. The Morgan fingerprint density at radius 2 is 2.13 bits per heavy atom. The van der Waals surface area contributed by atoms with E-state index in [1.54, 1.807) is 0 Å². The Morgan fingerprint density at radius 3 is 2.67 bits per heavy atom. The minimum atomic E-state index is 0.407. The fourth-order valence-electron chi connectivity index (χ4n) is 1.53. The molecule has 1 unspecified atom stereocenters. The van der Waals surface area contributed by atoms with E-state index in [9.17, 15) is 0 Å². The molecule has 0 amide bonds. The molecule has 1 rings (SSSR count). The zero-order valence-corrected chi connectivity index (χ0v) is 11.9. The highest BCUT2D eigenvalue weighted by Crippen LogP contribution is 2.28. The van der Waals surface area contributed by atoms with Gasteiger partial charge in [-0.05, 0) is 36.9 Å². The summed E-state index contributed by atoms with van der Waals surface area (Å²) in [5.41, 5.74) is 1.33. The number of benzene rings is 1. The average molecular weight is 288 g/mol. The minimum absolute atomic E-state index is 0.407. The number of hydrogen-bond donors (Lipinski definition) is 1. The van der Waals surface area contributed by atoms with Crippen LogP contribution in [0.4, 0.5) is 0 Å². The van der Waals surface area contributed by atoms with E-state index in [1.165, 1.54) is 14.9 Å². The van der Waals surface area contributed by atoms with E-state index in [0.717, 1.165) is 12.3 Å². The van der Waals surface area contributed by atoms with Crippen molar-refractivity contribution in [2.45, 2.75) is 31.7 Å². The van der Waals surface area contributed by atoms with Crippen molar-refractivity contribution in [1.82, 2.24) is 5.32 Å². The van der Waals surface area contributed by atoms with E-state index >= 15 is 0 Å². The minimum Gasteiger partial charge on any atom is -0.310 e. The maximum atomic E-state index is 3.63. The van der Waals surface area contributed by atoms with Gasteiger partial charge in [-0.2, -0.15) is 0 Å². The van der Waals surface area contributed by atoms with Gasteiger partial charge in [0.25, 0.3) is 0 Å². The highest BCUT2D eigenvalue weighted by molar-refractivity contribution is 9.10. The summed E-state index contributed by atoms with van der Waals surface area (Å²) in [6, 6.07) is 7.01. The van der Waals surface area contributed by atoms with Crippen LogP contribution in [0, 0.1) is 0 Å². The van der Waals surface area contributed by atoms with Gasteiger partial charge in [-0.25, -0.2) is 0 Å². The zero-order valence-electron chi connectivity index (χ0n) is 9.51. The molecule has 1 nitrogen and oxygen atoms in total. The predicted octanol–water partition coefficient (Wildman–Crippen LogP) is 4.23. The van der Waals surface area contributed by atoms with Crippen LogP contribution in [0.1, 0.15) is 32.4 Å². The first kappa shape index (κ1) is 13.1. The maximum absolute atomic E-state index is 3.63. The van der Waals surface area contributed by atoms with Crippen molar-refractivity contribution in [3.8, 4) is 0 Å². The molecule has 1 aromatic rings. The van der Waals surface area contributed by atoms with Crippen molar-refractivity contribution in [1.29, 1.82) is 0 Å². The van der Waals surface area contributed by atoms with Gasteiger partial charge in [-0.3, -0.25) is 0 Å². The van der Waals surface area contributed by atoms with Crippen molar-refractivity contribution in [2.24, 2.45) is 0 Å². The number of hydrogen-bond acceptors (Lipinski definition) is 2. The van der Waals surface area contributed by atoms with Crippen molar-refractivity contribution < 1.29 is 0 Å². The summed E-state index contributed by atoms with van der Waals surface area (Å²) in [4.78, 5) is 1.33. The van der Waals surface area contributed by atoms with Gasteiger partial charge in [0.05, 0.1) is 0 Å². The molecule has 0 spiro atoms. The maximum Gasteiger partial charge on any atom is 0.0302 e. The second-order valence-electron chi connectivity index (χ2n) is 3.40. The molecule has 0 aliphatic rings. The van der Waals surface area contributed by atoms with Gasteiger partial charge in [-0.1, -0.05) is 35.8 Å². The lowest BCUT2D eigenvalue weighted by Gasteiger charge is -2.15. The zero-order chi connectivity index (χ0) is 11.3. The monoisotopic (exact) mass is 287 g/mol. The molecular formula is C12H18BrNS. The molecule has 0 saturated carbocycles. The molecule has 0 aliphatic heterocycles. The Morgan fingerprint density at radius 1 is 1.40 bits per heavy atom. The van der Waals surface area contributed by atoms with Crippen LogP contribution < -0.4 is 5.32 Å². The second-order valence-corrected chi connectivity index (χ2v) is 5.59. The molecule has 0 bridgehead atoms. The summed E-state index contributed by atoms with van der Waals surface area (Å²) in [6.45, 7) is 7.49. The van der Waals surface area contributed by atoms with E-state index in [-0.39, 0.29) is 0 Å². The predicted molar refractivity (Wildman–Crippen MR) is 72.6 cm³/mol. The van der Waals surface area contributed by atoms with E-state index in [0.29, 0.717) is 6.04 Å². The van der Waals surface area contributed by atoms with Gasteiger partial charge in [0, 0.05) is 15.4 Å². The third kappa shape index (κ3) is 3.82. The van der Waals surface area contributed by atoms with Gasteiger partial charge >= 0.3 is 0 Å². The van der Waals surface area contributed by atoms with Gasteiger partial charge in [0.1, 0.15) is 0 Å². The molecule has 15 heavy (non-hydrogen) atoms. The number of nitrogens with one attached hydrogen (secondary N) is 1. The Kier molecular flexibility index (Phi) is 5.72.